The van der Waals surface area contributed by atoms with Crippen LogP contribution < -0.4 is 0 Å². The maximum atomic E-state index is 13.7. The molecule has 0 aliphatic carbocycles. The average molecular weight is 549 g/mol. The molecule has 4 rings (SSSR count). The first-order valence-electron chi connectivity index (χ1n) is 12.5. The Morgan fingerprint density at radius 1 is 0.865 bits per heavy atom. The fourth-order valence-corrected chi connectivity index (χ4v) is 7.48. The predicted molar refractivity (Wildman–Crippen MR) is 143 cm³/mol. The average Bonchev–Trinajstić information content (AvgIpc) is 3.31. The van der Waals surface area contributed by atoms with Gasteiger partial charge in [-0.3, -0.25) is 4.90 Å². The zero-order valence-corrected chi connectivity index (χ0v) is 23.5. The molecule has 2 aliphatic heterocycles. The fraction of sp³-hybridized carbons (Fsp3) is 0.500. The Balaban J connectivity index is 1.73. The van der Waals surface area contributed by atoms with Gasteiger partial charge >= 0.3 is 0 Å². The summed E-state index contributed by atoms with van der Waals surface area (Å²) in [6.07, 6.45) is -0.570. The van der Waals surface area contributed by atoms with E-state index in [1.807, 2.05) is 32.6 Å². The Labute approximate surface area is 220 Å². The van der Waals surface area contributed by atoms with Gasteiger partial charge in [0.2, 0.25) is 10.0 Å². The number of hydrogen-bond acceptors (Lipinski definition) is 6. The van der Waals surface area contributed by atoms with Gasteiger partial charge in [0.25, 0.3) is 10.0 Å². The molecule has 0 aromatic heterocycles. The minimum absolute atomic E-state index is 0.111. The summed E-state index contributed by atoms with van der Waals surface area (Å²) in [6.45, 7) is 11.0. The summed E-state index contributed by atoms with van der Waals surface area (Å²) in [7, 11) is -7.80. The van der Waals surface area contributed by atoms with Gasteiger partial charge in [0, 0.05) is 26.2 Å². The van der Waals surface area contributed by atoms with Gasteiger partial charge in [-0.15, -0.1) is 4.40 Å². The molecule has 2 saturated heterocycles. The van der Waals surface area contributed by atoms with E-state index in [0.717, 1.165) is 11.1 Å². The number of sulfonamides is 2. The van der Waals surface area contributed by atoms with Crippen molar-refractivity contribution in [1.82, 2.24) is 14.1 Å². The molecule has 0 amide bonds. The molecule has 37 heavy (non-hydrogen) atoms. The standard InChI is InChI=1S/C26H36N4O5S2/c1-20(2)26-29(13-14-30(26)37(33,34)24-11-7-22(4)8-12-24)25(19-28-15-17-35-18-16-28)27-36(31,32)23-9-5-21(3)6-10-23/h5-12,20,26H,13-19H2,1-4H3. The van der Waals surface area contributed by atoms with Gasteiger partial charge in [-0.05, 0) is 44.0 Å². The van der Waals surface area contributed by atoms with E-state index in [1.54, 1.807) is 48.5 Å². The number of hydrogen-bond donors (Lipinski definition) is 0. The summed E-state index contributed by atoms with van der Waals surface area (Å²) in [5.74, 6) is 0.238. The molecule has 9 nitrogen and oxygen atoms in total. The molecule has 0 radical (unpaired) electrons. The van der Waals surface area contributed by atoms with Crippen LogP contribution in [-0.4, -0.2) is 88.9 Å². The molecule has 2 fully saturated rings. The molecule has 2 aromatic rings. The van der Waals surface area contributed by atoms with Crippen LogP contribution in [-0.2, 0) is 24.8 Å². The zero-order valence-electron chi connectivity index (χ0n) is 21.9. The molecule has 0 N–H and O–H groups in total. The molecular formula is C26H36N4O5S2. The summed E-state index contributed by atoms with van der Waals surface area (Å²) in [5.41, 5.74) is 1.93. The van der Waals surface area contributed by atoms with Crippen molar-refractivity contribution in [3.8, 4) is 0 Å². The molecule has 0 bridgehead atoms. The van der Waals surface area contributed by atoms with Crippen molar-refractivity contribution in [3.63, 3.8) is 0 Å². The molecule has 0 saturated carbocycles. The van der Waals surface area contributed by atoms with E-state index in [9.17, 15) is 16.8 Å². The SMILES string of the molecule is Cc1ccc(S(=O)(=O)N=C(CN2CCOCC2)N2CCN(S(=O)(=O)c3ccc(C)cc3)C2C(C)C)cc1. The van der Waals surface area contributed by atoms with Gasteiger partial charge in [-0.2, -0.15) is 12.7 Å². The van der Waals surface area contributed by atoms with Crippen LogP contribution in [0.2, 0.25) is 0 Å². The third-order valence-electron chi connectivity index (χ3n) is 6.74. The Kier molecular flexibility index (Phi) is 8.39. The van der Waals surface area contributed by atoms with Crippen LogP contribution in [0, 0.1) is 19.8 Å². The Morgan fingerprint density at radius 2 is 1.41 bits per heavy atom. The van der Waals surface area contributed by atoms with Crippen LogP contribution in [0.5, 0.6) is 0 Å². The van der Waals surface area contributed by atoms with E-state index in [2.05, 4.69) is 9.30 Å². The Morgan fingerprint density at radius 3 is 1.95 bits per heavy atom. The van der Waals surface area contributed by atoms with Crippen molar-refractivity contribution < 1.29 is 21.6 Å². The lowest BCUT2D eigenvalue weighted by Crippen LogP contribution is -2.51. The van der Waals surface area contributed by atoms with Crippen molar-refractivity contribution in [1.29, 1.82) is 0 Å². The van der Waals surface area contributed by atoms with E-state index < -0.39 is 26.2 Å². The van der Waals surface area contributed by atoms with Crippen molar-refractivity contribution in [2.75, 3.05) is 45.9 Å². The monoisotopic (exact) mass is 548 g/mol. The number of amidine groups is 1. The van der Waals surface area contributed by atoms with Crippen LogP contribution in [0.4, 0.5) is 0 Å². The highest BCUT2D eigenvalue weighted by molar-refractivity contribution is 7.90. The first-order valence-corrected chi connectivity index (χ1v) is 15.4. The summed E-state index contributed by atoms with van der Waals surface area (Å²) < 4.78 is 65.4. The lowest BCUT2D eigenvalue weighted by Gasteiger charge is -2.36. The highest BCUT2D eigenvalue weighted by Gasteiger charge is 2.43. The van der Waals surface area contributed by atoms with Crippen LogP contribution in [0.15, 0.2) is 62.7 Å². The smallest absolute Gasteiger partial charge is 0.283 e. The van der Waals surface area contributed by atoms with Gasteiger partial charge in [-0.25, -0.2) is 8.42 Å². The second kappa shape index (κ2) is 11.2. The number of nitrogens with zero attached hydrogens (tertiary/aromatic N) is 4. The fourth-order valence-electron chi connectivity index (χ4n) is 4.74. The summed E-state index contributed by atoms with van der Waals surface area (Å²) >= 11 is 0. The number of morpholine rings is 1. The van der Waals surface area contributed by atoms with Gasteiger partial charge in [-0.1, -0.05) is 49.2 Å². The molecule has 1 unspecified atom stereocenters. The lowest BCUT2D eigenvalue weighted by molar-refractivity contribution is 0.0436. The maximum absolute atomic E-state index is 13.7. The van der Waals surface area contributed by atoms with Crippen LogP contribution >= 0.6 is 0 Å². The van der Waals surface area contributed by atoms with Crippen molar-refractivity contribution in [2.45, 2.75) is 43.7 Å². The third kappa shape index (κ3) is 6.23. The lowest BCUT2D eigenvalue weighted by atomic mass is 10.1. The molecule has 2 heterocycles. The highest BCUT2D eigenvalue weighted by Crippen LogP contribution is 2.30. The number of rotatable bonds is 7. The normalized spacial score (nSPS) is 20.6. The van der Waals surface area contributed by atoms with Crippen molar-refractivity contribution in [2.24, 2.45) is 10.3 Å². The highest BCUT2D eigenvalue weighted by atomic mass is 32.2. The number of benzene rings is 2. The molecule has 0 spiro atoms. The zero-order chi connectivity index (χ0) is 26.8. The van der Waals surface area contributed by atoms with Crippen LogP contribution in [0.25, 0.3) is 0 Å². The van der Waals surface area contributed by atoms with E-state index >= 15 is 0 Å². The van der Waals surface area contributed by atoms with E-state index in [0.29, 0.717) is 38.7 Å². The second-order valence-electron chi connectivity index (χ2n) is 9.96. The van der Waals surface area contributed by atoms with E-state index in [1.165, 1.54) is 4.31 Å². The molecule has 11 heteroatoms. The summed E-state index contributed by atoms with van der Waals surface area (Å²) in [4.78, 5) is 4.30. The number of aryl methyl sites for hydroxylation is 2. The van der Waals surface area contributed by atoms with Gasteiger partial charge in [0.15, 0.2) is 0 Å². The molecule has 1 atom stereocenters. The Hall–Kier alpha value is -2.31. The van der Waals surface area contributed by atoms with Crippen LogP contribution in [0.3, 0.4) is 0 Å². The summed E-state index contributed by atoms with van der Waals surface area (Å²) in [5, 5.41) is 0. The summed E-state index contributed by atoms with van der Waals surface area (Å²) in [6, 6.07) is 13.4. The van der Waals surface area contributed by atoms with Gasteiger partial charge < -0.3 is 9.64 Å². The predicted octanol–water partition coefficient (Wildman–Crippen LogP) is 2.71. The van der Waals surface area contributed by atoms with Crippen LogP contribution in [0.1, 0.15) is 25.0 Å². The van der Waals surface area contributed by atoms with Crippen molar-refractivity contribution in [3.05, 3.63) is 59.7 Å². The first kappa shape index (κ1) is 27.7. The maximum Gasteiger partial charge on any atom is 0.283 e. The molecular weight excluding hydrogens is 512 g/mol. The van der Waals surface area contributed by atoms with Crippen molar-refractivity contribution >= 4 is 25.9 Å². The quantitative estimate of drug-likeness (QED) is 0.388. The molecule has 2 aromatic carbocycles. The minimum atomic E-state index is -4.00. The molecule has 202 valence electrons. The van der Waals surface area contributed by atoms with Gasteiger partial charge in [0.1, 0.15) is 5.84 Å². The number of ether oxygens (including phenoxy) is 1. The van der Waals surface area contributed by atoms with E-state index in [-0.39, 0.29) is 28.8 Å². The topological polar surface area (TPSA) is 99.6 Å². The second-order valence-corrected chi connectivity index (χ2v) is 13.5. The largest absolute Gasteiger partial charge is 0.379 e. The minimum Gasteiger partial charge on any atom is -0.379 e. The first-order chi connectivity index (χ1) is 17.5. The third-order valence-corrected chi connectivity index (χ3v) is 9.95. The van der Waals surface area contributed by atoms with Gasteiger partial charge in [0.05, 0.1) is 35.7 Å². The molecule has 2 aliphatic rings. The Bertz CT molecular complexity index is 1320. The van der Waals surface area contributed by atoms with E-state index in [4.69, 9.17) is 4.74 Å².